The highest BCUT2D eigenvalue weighted by atomic mass is 32.2. The van der Waals surface area contributed by atoms with E-state index in [1.54, 1.807) is 13.8 Å². The lowest BCUT2D eigenvalue weighted by atomic mass is 10.0. The van der Waals surface area contributed by atoms with E-state index in [9.17, 15) is 13.2 Å². The Morgan fingerprint density at radius 3 is 2.33 bits per heavy atom. The standard InChI is InChI=1S/C22H25N3O3S2/c1-5-25(6-2)30(27,28)18-10-8-17(9-11-18)21(26)24-22-23-20(14-29-22)19-12-7-15(3)13-16(19)4/h7-14H,5-6H2,1-4H3,(H,23,24,26). The smallest absolute Gasteiger partial charge is 0.257 e. The van der Waals surface area contributed by atoms with Gasteiger partial charge in [-0.2, -0.15) is 4.31 Å². The van der Waals surface area contributed by atoms with Crippen molar-refractivity contribution in [3.8, 4) is 11.3 Å². The molecule has 1 heterocycles. The largest absolute Gasteiger partial charge is 0.298 e. The number of nitrogens with zero attached hydrogens (tertiary/aromatic N) is 2. The molecule has 0 aliphatic rings. The Kier molecular flexibility index (Phi) is 6.70. The highest BCUT2D eigenvalue weighted by molar-refractivity contribution is 7.89. The minimum atomic E-state index is -3.55. The van der Waals surface area contributed by atoms with Crippen LogP contribution in [-0.2, 0) is 10.0 Å². The second kappa shape index (κ2) is 9.07. The van der Waals surface area contributed by atoms with E-state index in [1.807, 2.05) is 31.4 Å². The van der Waals surface area contributed by atoms with E-state index < -0.39 is 10.0 Å². The zero-order valence-corrected chi connectivity index (χ0v) is 19.1. The van der Waals surface area contributed by atoms with Crippen molar-refractivity contribution in [3.63, 3.8) is 0 Å². The topological polar surface area (TPSA) is 79.4 Å². The maximum absolute atomic E-state index is 12.6. The number of carbonyl (C=O) groups excluding carboxylic acids is 1. The van der Waals surface area contributed by atoms with Crippen molar-refractivity contribution in [1.82, 2.24) is 9.29 Å². The summed E-state index contributed by atoms with van der Waals surface area (Å²) < 4.78 is 26.5. The molecule has 1 aromatic heterocycles. The van der Waals surface area contributed by atoms with E-state index in [4.69, 9.17) is 0 Å². The van der Waals surface area contributed by atoms with E-state index in [2.05, 4.69) is 16.4 Å². The number of benzene rings is 2. The average molecular weight is 444 g/mol. The number of hydrogen-bond acceptors (Lipinski definition) is 5. The molecule has 8 heteroatoms. The summed E-state index contributed by atoms with van der Waals surface area (Å²) in [7, 11) is -3.55. The second-order valence-corrected chi connectivity index (χ2v) is 9.72. The van der Waals surface area contributed by atoms with Gasteiger partial charge in [-0.05, 0) is 43.7 Å². The van der Waals surface area contributed by atoms with Gasteiger partial charge in [-0.25, -0.2) is 13.4 Å². The Hall–Kier alpha value is -2.55. The van der Waals surface area contributed by atoms with Crippen LogP contribution >= 0.6 is 11.3 Å². The van der Waals surface area contributed by atoms with Gasteiger partial charge in [0, 0.05) is 29.6 Å². The molecule has 1 amide bonds. The predicted molar refractivity (Wildman–Crippen MR) is 122 cm³/mol. The number of aromatic nitrogens is 1. The minimum absolute atomic E-state index is 0.175. The van der Waals surface area contributed by atoms with Crippen LogP contribution < -0.4 is 5.32 Å². The van der Waals surface area contributed by atoms with Crippen molar-refractivity contribution in [2.75, 3.05) is 18.4 Å². The van der Waals surface area contributed by atoms with E-state index in [0.717, 1.165) is 16.8 Å². The van der Waals surface area contributed by atoms with Crippen LogP contribution in [0.1, 0.15) is 35.3 Å². The van der Waals surface area contributed by atoms with Crippen LogP contribution in [0.2, 0.25) is 0 Å². The summed E-state index contributed by atoms with van der Waals surface area (Å²) in [6.45, 7) is 8.46. The Bertz CT molecular complexity index is 1150. The van der Waals surface area contributed by atoms with Gasteiger partial charge < -0.3 is 0 Å². The predicted octanol–water partition coefficient (Wildman–Crippen LogP) is 4.71. The van der Waals surface area contributed by atoms with Gasteiger partial charge in [0.2, 0.25) is 10.0 Å². The summed E-state index contributed by atoms with van der Waals surface area (Å²) in [5.74, 6) is -0.330. The van der Waals surface area contributed by atoms with Gasteiger partial charge in [-0.15, -0.1) is 11.3 Å². The number of nitrogens with one attached hydrogen (secondary N) is 1. The molecular formula is C22H25N3O3S2. The van der Waals surface area contributed by atoms with E-state index >= 15 is 0 Å². The van der Waals surface area contributed by atoms with Crippen molar-refractivity contribution in [3.05, 3.63) is 64.5 Å². The van der Waals surface area contributed by atoms with Gasteiger partial charge in [0.25, 0.3) is 5.91 Å². The quantitative estimate of drug-likeness (QED) is 0.574. The lowest BCUT2D eigenvalue weighted by Crippen LogP contribution is -2.30. The Morgan fingerprint density at radius 2 is 1.73 bits per heavy atom. The summed E-state index contributed by atoms with van der Waals surface area (Å²) in [6, 6.07) is 12.1. The average Bonchev–Trinajstić information content (AvgIpc) is 3.17. The van der Waals surface area contributed by atoms with Crippen molar-refractivity contribution in [2.45, 2.75) is 32.6 Å². The van der Waals surface area contributed by atoms with Gasteiger partial charge >= 0.3 is 0 Å². The lowest BCUT2D eigenvalue weighted by Gasteiger charge is -2.18. The van der Waals surface area contributed by atoms with Crippen LogP contribution in [0.4, 0.5) is 5.13 Å². The molecule has 0 aliphatic heterocycles. The molecule has 2 aromatic carbocycles. The number of hydrogen-bond donors (Lipinski definition) is 1. The molecule has 30 heavy (non-hydrogen) atoms. The maximum atomic E-state index is 12.6. The zero-order valence-electron chi connectivity index (χ0n) is 17.5. The third kappa shape index (κ3) is 4.61. The first-order valence-electron chi connectivity index (χ1n) is 9.71. The van der Waals surface area contributed by atoms with Gasteiger partial charge in [-0.3, -0.25) is 10.1 Å². The third-order valence-electron chi connectivity index (χ3n) is 4.84. The Morgan fingerprint density at radius 1 is 1.07 bits per heavy atom. The van der Waals surface area contributed by atoms with Crippen LogP contribution in [0, 0.1) is 13.8 Å². The molecule has 3 aromatic rings. The van der Waals surface area contributed by atoms with E-state index in [0.29, 0.717) is 23.8 Å². The molecule has 3 rings (SSSR count). The molecule has 0 saturated carbocycles. The molecule has 0 bridgehead atoms. The van der Waals surface area contributed by atoms with Crippen molar-refractivity contribution in [2.24, 2.45) is 0 Å². The van der Waals surface area contributed by atoms with E-state index in [-0.39, 0.29) is 10.8 Å². The number of thiazole rings is 1. The maximum Gasteiger partial charge on any atom is 0.257 e. The molecular weight excluding hydrogens is 418 g/mol. The van der Waals surface area contributed by atoms with Crippen LogP contribution in [0.3, 0.4) is 0 Å². The molecule has 0 saturated heterocycles. The van der Waals surface area contributed by atoms with Crippen LogP contribution in [0.5, 0.6) is 0 Å². The monoisotopic (exact) mass is 443 g/mol. The molecule has 0 radical (unpaired) electrons. The minimum Gasteiger partial charge on any atom is -0.298 e. The zero-order chi connectivity index (χ0) is 21.9. The molecule has 0 fully saturated rings. The second-order valence-electron chi connectivity index (χ2n) is 6.92. The first kappa shape index (κ1) is 22.1. The molecule has 0 atom stereocenters. The normalized spacial score (nSPS) is 11.6. The fourth-order valence-corrected chi connectivity index (χ4v) is 5.38. The van der Waals surface area contributed by atoms with Gasteiger partial charge in [0.1, 0.15) is 0 Å². The van der Waals surface area contributed by atoms with Crippen molar-refractivity contribution in [1.29, 1.82) is 0 Å². The summed E-state index contributed by atoms with van der Waals surface area (Å²) >= 11 is 1.35. The summed E-state index contributed by atoms with van der Waals surface area (Å²) in [5.41, 5.74) is 4.53. The Labute approximate surface area is 181 Å². The van der Waals surface area contributed by atoms with Crippen LogP contribution in [0.15, 0.2) is 52.7 Å². The molecule has 6 nitrogen and oxygen atoms in total. The van der Waals surface area contributed by atoms with Crippen LogP contribution in [-0.4, -0.2) is 36.7 Å². The highest BCUT2D eigenvalue weighted by Crippen LogP contribution is 2.28. The first-order chi connectivity index (χ1) is 14.3. The highest BCUT2D eigenvalue weighted by Gasteiger charge is 2.21. The fraction of sp³-hybridized carbons (Fsp3) is 0.273. The molecule has 0 unspecified atom stereocenters. The third-order valence-corrected chi connectivity index (χ3v) is 7.66. The van der Waals surface area contributed by atoms with Gasteiger partial charge in [-0.1, -0.05) is 37.6 Å². The van der Waals surface area contributed by atoms with Gasteiger partial charge in [0.15, 0.2) is 5.13 Å². The fourth-order valence-electron chi connectivity index (χ4n) is 3.22. The Balaban J connectivity index is 1.75. The summed E-state index contributed by atoms with van der Waals surface area (Å²) in [5, 5.41) is 5.20. The molecule has 158 valence electrons. The molecule has 0 spiro atoms. The van der Waals surface area contributed by atoms with E-state index in [1.165, 1.54) is 45.5 Å². The number of sulfonamides is 1. The number of amides is 1. The van der Waals surface area contributed by atoms with Gasteiger partial charge in [0.05, 0.1) is 10.6 Å². The number of carbonyl (C=O) groups is 1. The van der Waals surface area contributed by atoms with Crippen molar-refractivity contribution < 1.29 is 13.2 Å². The summed E-state index contributed by atoms with van der Waals surface area (Å²) in [6.07, 6.45) is 0. The number of rotatable bonds is 7. The first-order valence-corrected chi connectivity index (χ1v) is 12.0. The van der Waals surface area contributed by atoms with Crippen molar-refractivity contribution >= 4 is 32.4 Å². The van der Waals surface area contributed by atoms with Crippen LogP contribution in [0.25, 0.3) is 11.3 Å². The molecule has 1 N–H and O–H groups in total. The summed E-state index contributed by atoms with van der Waals surface area (Å²) in [4.78, 5) is 17.3. The lowest BCUT2D eigenvalue weighted by molar-refractivity contribution is 0.102. The SMILES string of the molecule is CCN(CC)S(=O)(=O)c1ccc(C(=O)Nc2nc(-c3ccc(C)cc3C)cs2)cc1. The number of aryl methyl sites for hydroxylation is 2. The number of anilines is 1. The molecule has 0 aliphatic carbocycles.